The second-order valence-electron chi connectivity index (χ2n) is 4.29. The first-order chi connectivity index (χ1) is 9.93. The molecule has 2 aromatic rings. The summed E-state index contributed by atoms with van der Waals surface area (Å²) < 4.78 is 26.8. The minimum atomic E-state index is -1.26. The van der Waals surface area contributed by atoms with E-state index in [-0.39, 0.29) is 11.3 Å². The molecule has 2 rings (SSSR count). The van der Waals surface area contributed by atoms with Gasteiger partial charge >= 0.3 is 5.97 Å². The fourth-order valence-corrected chi connectivity index (χ4v) is 1.91. The second-order valence-corrected chi connectivity index (χ2v) is 4.29. The van der Waals surface area contributed by atoms with Crippen LogP contribution in [0.1, 0.15) is 20.7 Å². The summed E-state index contributed by atoms with van der Waals surface area (Å²) in [6.45, 7) is 0. The monoisotopic (exact) mass is 291 g/mol. The minimum Gasteiger partial charge on any atom is -0.478 e. The topological polar surface area (TPSA) is 57.6 Å². The fourth-order valence-electron chi connectivity index (χ4n) is 1.91. The zero-order valence-electron chi connectivity index (χ0n) is 11.0. The number of anilines is 1. The van der Waals surface area contributed by atoms with Crippen molar-refractivity contribution in [2.45, 2.75) is 0 Å². The third-order valence-electron chi connectivity index (χ3n) is 2.98. The van der Waals surface area contributed by atoms with Crippen LogP contribution >= 0.6 is 0 Å². The molecule has 0 spiro atoms. The highest BCUT2D eigenvalue weighted by Crippen LogP contribution is 2.22. The van der Waals surface area contributed by atoms with Crippen molar-refractivity contribution in [2.24, 2.45) is 0 Å². The molecule has 0 aliphatic rings. The van der Waals surface area contributed by atoms with Gasteiger partial charge in [-0.15, -0.1) is 0 Å². The summed E-state index contributed by atoms with van der Waals surface area (Å²) in [5, 5.41) is 9.09. The van der Waals surface area contributed by atoms with Gasteiger partial charge in [-0.1, -0.05) is 18.2 Å². The molecule has 0 bridgehead atoms. The number of amides is 1. The van der Waals surface area contributed by atoms with Crippen molar-refractivity contribution in [1.29, 1.82) is 0 Å². The third-order valence-corrected chi connectivity index (χ3v) is 2.98. The normalized spacial score (nSPS) is 10.2. The van der Waals surface area contributed by atoms with Gasteiger partial charge in [0.15, 0.2) is 11.6 Å². The van der Waals surface area contributed by atoms with Crippen molar-refractivity contribution in [3.63, 3.8) is 0 Å². The van der Waals surface area contributed by atoms with Crippen LogP contribution in [0.4, 0.5) is 14.5 Å². The third kappa shape index (κ3) is 2.74. The molecule has 0 saturated heterocycles. The zero-order valence-corrected chi connectivity index (χ0v) is 11.0. The molecule has 0 heterocycles. The van der Waals surface area contributed by atoms with Crippen molar-refractivity contribution in [3.8, 4) is 0 Å². The molecule has 0 atom stereocenters. The highest BCUT2D eigenvalue weighted by molar-refractivity contribution is 6.09. The van der Waals surface area contributed by atoms with E-state index in [1.165, 1.54) is 31.3 Å². The Balaban J connectivity index is 2.45. The summed E-state index contributed by atoms with van der Waals surface area (Å²) in [6.07, 6.45) is 0. The van der Waals surface area contributed by atoms with Crippen molar-refractivity contribution in [1.82, 2.24) is 0 Å². The standard InChI is InChI=1S/C15H11F2NO3/c1-18(12-8-3-2-5-9(12)15(20)21)14(19)10-6-4-7-11(16)13(10)17/h2-8H,1H3,(H,20,21). The van der Waals surface area contributed by atoms with Crippen LogP contribution in [0.15, 0.2) is 42.5 Å². The average Bonchev–Trinajstić information content (AvgIpc) is 2.48. The number of carboxylic acids is 1. The Kier molecular flexibility index (Phi) is 3.98. The zero-order chi connectivity index (χ0) is 15.6. The lowest BCUT2D eigenvalue weighted by atomic mass is 10.1. The Morgan fingerprint density at radius 3 is 2.29 bits per heavy atom. The number of nitrogens with zero attached hydrogens (tertiary/aromatic N) is 1. The number of carbonyl (C=O) groups excluding carboxylic acids is 1. The molecule has 0 saturated carbocycles. The van der Waals surface area contributed by atoms with Gasteiger partial charge in [0.2, 0.25) is 0 Å². The number of carboxylic acid groups (broad SMARTS) is 1. The predicted octanol–water partition coefficient (Wildman–Crippen LogP) is 2.94. The summed E-state index contributed by atoms with van der Waals surface area (Å²) in [7, 11) is 1.30. The highest BCUT2D eigenvalue weighted by atomic mass is 19.2. The van der Waals surface area contributed by atoms with E-state index in [0.29, 0.717) is 0 Å². The Morgan fingerprint density at radius 1 is 1.00 bits per heavy atom. The van der Waals surface area contributed by atoms with Gasteiger partial charge in [0.25, 0.3) is 5.91 Å². The van der Waals surface area contributed by atoms with Crippen molar-refractivity contribution >= 4 is 17.6 Å². The summed E-state index contributed by atoms with van der Waals surface area (Å²) in [4.78, 5) is 24.3. The molecule has 0 fully saturated rings. The smallest absolute Gasteiger partial charge is 0.337 e. The van der Waals surface area contributed by atoms with Gasteiger partial charge in [-0.25, -0.2) is 13.6 Å². The van der Waals surface area contributed by atoms with Crippen molar-refractivity contribution in [3.05, 3.63) is 65.2 Å². The molecule has 0 unspecified atom stereocenters. The first kappa shape index (κ1) is 14.6. The largest absolute Gasteiger partial charge is 0.478 e. The summed E-state index contributed by atoms with van der Waals surface area (Å²) in [5.41, 5.74) is -0.471. The van der Waals surface area contributed by atoms with Crippen LogP contribution in [0, 0.1) is 11.6 Å². The molecule has 0 aromatic heterocycles. The van der Waals surface area contributed by atoms with Crippen LogP contribution in [0.5, 0.6) is 0 Å². The van der Waals surface area contributed by atoms with Crippen molar-refractivity contribution in [2.75, 3.05) is 11.9 Å². The van der Waals surface area contributed by atoms with E-state index in [4.69, 9.17) is 5.11 Å². The number of benzene rings is 2. The summed E-state index contributed by atoms with van der Waals surface area (Å²) in [5.74, 6) is -4.45. The van der Waals surface area contributed by atoms with Gasteiger partial charge in [0.05, 0.1) is 16.8 Å². The predicted molar refractivity (Wildman–Crippen MR) is 72.5 cm³/mol. The number of rotatable bonds is 3. The van der Waals surface area contributed by atoms with E-state index in [9.17, 15) is 18.4 Å². The lowest BCUT2D eigenvalue weighted by Gasteiger charge is -2.19. The van der Waals surface area contributed by atoms with E-state index in [0.717, 1.165) is 17.0 Å². The molecule has 1 amide bonds. The summed E-state index contributed by atoms with van der Waals surface area (Å²) >= 11 is 0. The lowest BCUT2D eigenvalue weighted by molar-refractivity contribution is 0.0697. The first-order valence-corrected chi connectivity index (χ1v) is 5.98. The van der Waals surface area contributed by atoms with Gasteiger partial charge in [0.1, 0.15) is 0 Å². The number of hydrogen-bond acceptors (Lipinski definition) is 2. The molecule has 1 N–H and O–H groups in total. The summed E-state index contributed by atoms with van der Waals surface area (Å²) in [6, 6.07) is 9.05. The number of hydrogen-bond donors (Lipinski definition) is 1. The van der Waals surface area contributed by atoms with Crippen LogP contribution in [0.2, 0.25) is 0 Å². The van der Waals surface area contributed by atoms with Crippen LogP contribution in [0.25, 0.3) is 0 Å². The Morgan fingerprint density at radius 2 is 1.62 bits per heavy atom. The van der Waals surface area contributed by atoms with Crippen molar-refractivity contribution < 1.29 is 23.5 Å². The van der Waals surface area contributed by atoms with E-state index in [1.54, 1.807) is 6.07 Å². The SMILES string of the molecule is CN(C(=O)c1cccc(F)c1F)c1ccccc1C(=O)O. The van der Waals surface area contributed by atoms with Crippen LogP contribution < -0.4 is 4.90 Å². The molecule has 0 aliphatic heterocycles. The van der Waals surface area contributed by atoms with Crippen LogP contribution in [-0.4, -0.2) is 24.0 Å². The van der Waals surface area contributed by atoms with E-state index >= 15 is 0 Å². The fraction of sp³-hybridized carbons (Fsp3) is 0.0667. The first-order valence-electron chi connectivity index (χ1n) is 5.98. The minimum absolute atomic E-state index is 0.0960. The second kappa shape index (κ2) is 5.70. The van der Waals surface area contributed by atoms with Gasteiger partial charge in [-0.2, -0.15) is 0 Å². The quantitative estimate of drug-likeness (QED) is 0.946. The molecular formula is C15H11F2NO3. The maximum atomic E-state index is 13.6. The molecule has 2 aromatic carbocycles. The lowest BCUT2D eigenvalue weighted by Crippen LogP contribution is -2.29. The molecule has 4 nitrogen and oxygen atoms in total. The number of para-hydroxylation sites is 1. The highest BCUT2D eigenvalue weighted by Gasteiger charge is 2.22. The number of halogens is 2. The Hall–Kier alpha value is -2.76. The number of aromatic carboxylic acids is 1. The Bertz CT molecular complexity index is 716. The average molecular weight is 291 g/mol. The van der Waals surface area contributed by atoms with E-state index in [2.05, 4.69) is 0 Å². The van der Waals surface area contributed by atoms with Gasteiger partial charge in [-0.05, 0) is 24.3 Å². The molecular weight excluding hydrogens is 280 g/mol. The van der Waals surface area contributed by atoms with E-state index < -0.39 is 29.1 Å². The van der Waals surface area contributed by atoms with Gasteiger partial charge < -0.3 is 10.0 Å². The molecule has 21 heavy (non-hydrogen) atoms. The Labute approximate surface area is 119 Å². The van der Waals surface area contributed by atoms with Gasteiger partial charge in [-0.3, -0.25) is 4.79 Å². The molecule has 0 aliphatic carbocycles. The molecule has 108 valence electrons. The maximum Gasteiger partial charge on any atom is 0.337 e. The number of carbonyl (C=O) groups is 2. The van der Waals surface area contributed by atoms with Gasteiger partial charge in [0, 0.05) is 7.05 Å². The molecule has 0 radical (unpaired) electrons. The van der Waals surface area contributed by atoms with E-state index in [1.807, 2.05) is 0 Å². The maximum absolute atomic E-state index is 13.6. The molecule has 6 heteroatoms. The van der Waals surface area contributed by atoms with Crippen LogP contribution in [-0.2, 0) is 0 Å². The van der Waals surface area contributed by atoms with Crippen LogP contribution in [0.3, 0.4) is 0 Å².